The lowest BCUT2D eigenvalue weighted by molar-refractivity contribution is -0.137. The van der Waals surface area contributed by atoms with E-state index in [0.717, 1.165) is 23.6 Å². The zero-order valence-electron chi connectivity index (χ0n) is 14.1. The maximum atomic E-state index is 12.7. The number of carboxylic acid groups (broad SMARTS) is 1. The van der Waals surface area contributed by atoms with Crippen LogP contribution in [0.1, 0.15) is 5.56 Å². The largest absolute Gasteiger partial charge is 0.475 e. The van der Waals surface area contributed by atoms with Crippen LogP contribution in [0.5, 0.6) is 17.2 Å². The molecule has 4 nitrogen and oxygen atoms in total. The Morgan fingerprint density at radius 3 is 2.21 bits per heavy atom. The van der Waals surface area contributed by atoms with Gasteiger partial charge in [0.25, 0.3) is 0 Å². The molecule has 144 valence electrons. The molecule has 0 aliphatic heterocycles. The molecule has 0 atom stereocenters. The summed E-state index contributed by atoms with van der Waals surface area (Å²) in [6.07, 6.45) is -4.50. The Bertz CT molecular complexity index is 1080. The first-order chi connectivity index (χ1) is 13.1. The summed E-state index contributed by atoms with van der Waals surface area (Å²) in [6.45, 7) is 3.30. The van der Waals surface area contributed by atoms with Crippen molar-refractivity contribution in [2.45, 2.75) is 6.18 Å². The molecule has 0 aliphatic carbocycles. The Morgan fingerprint density at radius 1 is 0.964 bits per heavy atom. The fourth-order valence-electron chi connectivity index (χ4n) is 2.40. The second-order valence-electron chi connectivity index (χ2n) is 5.75. The van der Waals surface area contributed by atoms with E-state index in [1.54, 1.807) is 36.4 Å². The molecular weight excluding hydrogens is 397 g/mol. The van der Waals surface area contributed by atoms with Crippen molar-refractivity contribution in [2.75, 3.05) is 0 Å². The van der Waals surface area contributed by atoms with Gasteiger partial charge in [0.1, 0.15) is 17.2 Å². The molecule has 0 saturated carbocycles. The summed E-state index contributed by atoms with van der Waals surface area (Å²) in [4.78, 5) is 10.8. The SMILES string of the molecule is C=C(Oc1ccc2ccc(Oc3ccc(C(F)(F)F)cc3Cl)cc2c1)C(=O)O. The summed E-state index contributed by atoms with van der Waals surface area (Å²) in [6, 6.07) is 12.7. The van der Waals surface area contributed by atoms with E-state index in [1.165, 1.54) is 0 Å². The number of fused-ring (bicyclic) bond motifs is 1. The van der Waals surface area contributed by atoms with Crippen LogP contribution in [0.15, 0.2) is 66.9 Å². The molecule has 0 unspecified atom stereocenters. The topological polar surface area (TPSA) is 55.8 Å². The van der Waals surface area contributed by atoms with Crippen LogP contribution in [0.25, 0.3) is 10.8 Å². The van der Waals surface area contributed by atoms with E-state index in [4.69, 9.17) is 26.2 Å². The van der Waals surface area contributed by atoms with Crippen molar-refractivity contribution < 1.29 is 32.5 Å². The van der Waals surface area contributed by atoms with Gasteiger partial charge in [0.05, 0.1) is 10.6 Å². The number of ether oxygens (including phenoxy) is 2. The summed E-state index contributed by atoms with van der Waals surface area (Å²) >= 11 is 5.91. The first kappa shape index (κ1) is 19.6. The van der Waals surface area contributed by atoms with Gasteiger partial charge >= 0.3 is 12.1 Å². The highest BCUT2D eigenvalue weighted by Gasteiger charge is 2.31. The van der Waals surface area contributed by atoms with Gasteiger partial charge in [-0.25, -0.2) is 4.79 Å². The van der Waals surface area contributed by atoms with E-state index >= 15 is 0 Å². The summed E-state index contributed by atoms with van der Waals surface area (Å²) < 4.78 is 48.9. The Balaban J connectivity index is 1.87. The average Bonchev–Trinajstić information content (AvgIpc) is 2.62. The van der Waals surface area contributed by atoms with E-state index in [0.29, 0.717) is 11.1 Å². The Labute approximate surface area is 162 Å². The van der Waals surface area contributed by atoms with E-state index in [9.17, 15) is 18.0 Å². The lowest BCUT2D eigenvalue weighted by Gasteiger charge is -2.12. The van der Waals surface area contributed by atoms with E-state index in [-0.39, 0.29) is 16.5 Å². The summed E-state index contributed by atoms with van der Waals surface area (Å²) in [5.41, 5.74) is -0.871. The number of halogens is 4. The zero-order valence-corrected chi connectivity index (χ0v) is 14.8. The highest BCUT2D eigenvalue weighted by atomic mass is 35.5. The number of hydrogen-bond acceptors (Lipinski definition) is 3. The molecule has 0 radical (unpaired) electrons. The maximum absolute atomic E-state index is 12.7. The second kappa shape index (κ2) is 7.44. The van der Waals surface area contributed by atoms with Gasteiger partial charge in [0, 0.05) is 0 Å². The van der Waals surface area contributed by atoms with Gasteiger partial charge in [-0.15, -0.1) is 0 Å². The van der Waals surface area contributed by atoms with Crippen molar-refractivity contribution in [3.8, 4) is 17.2 Å². The molecule has 1 N–H and O–H groups in total. The number of rotatable bonds is 5. The highest BCUT2D eigenvalue weighted by molar-refractivity contribution is 6.32. The third kappa shape index (κ3) is 4.37. The lowest BCUT2D eigenvalue weighted by atomic mass is 10.1. The van der Waals surface area contributed by atoms with Crippen LogP contribution < -0.4 is 9.47 Å². The van der Waals surface area contributed by atoms with Crippen LogP contribution in [0.3, 0.4) is 0 Å². The van der Waals surface area contributed by atoms with Gasteiger partial charge in [0.2, 0.25) is 5.76 Å². The standard InChI is InChI=1S/C20H12ClF3O4/c1-11(19(25)26)27-15-5-2-12-3-6-16(9-13(12)8-15)28-18-7-4-14(10-17(18)21)20(22,23)24/h2-10H,1H2,(H,25,26). The quantitative estimate of drug-likeness (QED) is 0.398. The summed E-state index contributed by atoms with van der Waals surface area (Å²) in [7, 11) is 0. The predicted octanol–water partition coefficient (Wildman–Crippen LogP) is 6.28. The average molecular weight is 409 g/mol. The number of carboxylic acids is 1. The van der Waals surface area contributed by atoms with Crippen molar-refractivity contribution in [1.82, 2.24) is 0 Å². The maximum Gasteiger partial charge on any atom is 0.416 e. The molecule has 0 bridgehead atoms. The molecule has 0 heterocycles. The molecule has 0 saturated heterocycles. The van der Waals surface area contributed by atoms with Gasteiger partial charge in [0.15, 0.2) is 0 Å². The van der Waals surface area contributed by atoms with Crippen molar-refractivity contribution in [1.29, 1.82) is 0 Å². The number of alkyl halides is 3. The molecule has 0 amide bonds. The molecule has 0 fully saturated rings. The molecule has 0 aliphatic rings. The summed E-state index contributed by atoms with van der Waals surface area (Å²) in [5.74, 6) is -1.04. The number of hydrogen-bond donors (Lipinski definition) is 1. The van der Waals surface area contributed by atoms with Crippen LogP contribution in [0.4, 0.5) is 13.2 Å². The zero-order chi connectivity index (χ0) is 20.5. The van der Waals surface area contributed by atoms with Gasteiger partial charge in [-0.3, -0.25) is 0 Å². The first-order valence-electron chi connectivity index (χ1n) is 7.82. The van der Waals surface area contributed by atoms with E-state index < -0.39 is 23.5 Å². The minimum atomic E-state index is -4.50. The smallest absolute Gasteiger partial charge is 0.416 e. The fraction of sp³-hybridized carbons (Fsp3) is 0.0500. The Kier molecular flexibility index (Phi) is 5.20. The Morgan fingerprint density at radius 2 is 1.61 bits per heavy atom. The summed E-state index contributed by atoms with van der Waals surface area (Å²) in [5, 5.41) is 10.1. The molecule has 28 heavy (non-hydrogen) atoms. The third-order valence-corrected chi connectivity index (χ3v) is 4.05. The number of benzene rings is 3. The predicted molar refractivity (Wildman–Crippen MR) is 97.9 cm³/mol. The minimum Gasteiger partial charge on any atom is -0.475 e. The van der Waals surface area contributed by atoms with Gasteiger partial charge in [-0.1, -0.05) is 23.7 Å². The molecule has 0 spiro atoms. The molecule has 3 aromatic rings. The van der Waals surface area contributed by atoms with E-state index in [1.807, 2.05) is 0 Å². The molecule has 8 heteroatoms. The van der Waals surface area contributed by atoms with Crippen LogP contribution in [-0.2, 0) is 11.0 Å². The lowest BCUT2D eigenvalue weighted by Crippen LogP contribution is -2.05. The highest BCUT2D eigenvalue weighted by Crippen LogP contribution is 2.37. The van der Waals surface area contributed by atoms with Gasteiger partial charge < -0.3 is 14.6 Å². The molecule has 0 aromatic heterocycles. The monoisotopic (exact) mass is 408 g/mol. The second-order valence-corrected chi connectivity index (χ2v) is 6.15. The molecule has 3 aromatic carbocycles. The minimum absolute atomic E-state index is 0.0701. The van der Waals surface area contributed by atoms with Crippen molar-refractivity contribution in [2.24, 2.45) is 0 Å². The fourth-order valence-corrected chi connectivity index (χ4v) is 2.62. The van der Waals surface area contributed by atoms with Crippen LogP contribution >= 0.6 is 11.6 Å². The van der Waals surface area contributed by atoms with Gasteiger partial charge in [-0.2, -0.15) is 13.2 Å². The normalized spacial score (nSPS) is 11.3. The van der Waals surface area contributed by atoms with Gasteiger partial charge in [-0.05, 0) is 59.8 Å². The van der Waals surface area contributed by atoms with Crippen LogP contribution in [0, 0.1) is 0 Å². The number of carbonyl (C=O) groups is 1. The van der Waals surface area contributed by atoms with Crippen molar-refractivity contribution in [3.05, 3.63) is 77.5 Å². The Hall–Kier alpha value is -3.19. The first-order valence-corrected chi connectivity index (χ1v) is 8.20. The van der Waals surface area contributed by atoms with Crippen molar-refractivity contribution in [3.63, 3.8) is 0 Å². The molecular formula is C20H12ClF3O4. The molecule has 3 rings (SSSR count). The van der Waals surface area contributed by atoms with Crippen LogP contribution in [0.2, 0.25) is 5.02 Å². The van der Waals surface area contributed by atoms with Crippen LogP contribution in [-0.4, -0.2) is 11.1 Å². The van der Waals surface area contributed by atoms with E-state index in [2.05, 4.69) is 6.58 Å². The van der Waals surface area contributed by atoms with Crippen molar-refractivity contribution >= 4 is 28.3 Å². The third-order valence-electron chi connectivity index (χ3n) is 3.75. The number of aliphatic carboxylic acids is 1.